The van der Waals surface area contributed by atoms with E-state index in [0.717, 1.165) is 19.8 Å². The van der Waals surface area contributed by atoms with Crippen LogP contribution in [0.3, 0.4) is 0 Å². The molecule has 0 radical (unpaired) electrons. The third-order valence-electron chi connectivity index (χ3n) is 4.26. The van der Waals surface area contributed by atoms with Crippen LogP contribution in [0.15, 0.2) is 35.9 Å². The fourth-order valence-corrected chi connectivity index (χ4v) is 3.10. The quantitative estimate of drug-likeness (QED) is 0.690. The van der Waals surface area contributed by atoms with Gasteiger partial charge in [-0.2, -0.15) is 0 Å². The van der Waals surface area contributed by atoms with Crippen LogP contribution < -0.4 is 0 Å². The second-order valence-electron chi connectivity index (χ2n) is 5.74. The van der Waals surface area contributed by atoms with Gasteiger partial charge in [-0.05, 0) is 37.3 Å². The summed E-state index contributed by atoms with van der Waals surface area (Å²) in [5.74, 6) is 0. The van der Waals surface area contributed by atoms with Gasteiger partial charge in [0.25, 0.3) is 0 Å². The molecule has 2 nitrogen and oxygen atoms in total. The molecule has 0 N–H and O–H groups in total. The second-order valence-corrected chi connectivity index (χ2v) is 5.74. The number of benzene rings is 1. The summed E-state index contributed by atoms with van der Waals surface area (Å²) in [5.41, 5.74) is 4.70. The van der Waals surface area contributed by atoms with Crippen LogP contribution in [0.5, 0.6) is 0 Å². The largest absolute Gasteiger partial charge is 0.380 e. The van der Waals surface area contributed by atoms with Crippen LogP contribution in [0, 0.1) is 0 Å². The molecule has 116 valence electrons. The predicted molar refractivity (Wildman–Crippen MR) is 90.4 cm³/mol. The van der Waals surface area contributed by atoms with Crippen molar-refractivity contribution in [2.45, 2.75) is 39.5 Å². The van der Waals surface area contributed by atoms with Gasteiger partial charge in [0.1, 0.15) is 0 Å². The van der Waals surface area contributed by atoms with Crippen molar-refractivity contribution >= 4 is 5.57 Å². The van der Waals surface area contributed by atoms with Gasteiger partial charge in [-0.1, -0.05) is 49.2 Å². The Morgan fingerprint density at radius 1 is 1.10 bits per heavy atom. The van der Waals surface area contributed by atoms with E-state index < -0.39 is 0 Å². The minimum atomic E-state index is 0.827. The molecule has 0 spiro atoms. The lowest BCUT2D eigenvalue weighted by Crippen LogP contribution is -2.33. The molecule has 0 aliphatic carbocycles. The van der Waals surface area contributed by atoms with Crippen molar-refractivity contribution in [2.75, 3.05) is 32.8 Å². The van der Waals surface area contributed by atoms with Gasteiger partial charge < -0.3 is 9.64 Å². The fourth-order valence-electron chi connectivity index (χ4n) is 3.10. The van der Waals surface area contributed by atoms with Gasteiger partial charge in [-0.3, -0.25) is 0 Å². The van der Waals surface area contributed by atoms with Gasteiger partial charge in [0.05, 0.1) is 6.61 Å². The molecule has 1 saturated heterocycles. The average Bonchev–Trinajstić information content (AvgIpc) is 2.54. The summed E-state index contributed by atoms with van der Waals surface area (Å²) in [6.45, 7) is 9.48. The maximum Gasteiger partial charge on any atom is 0.0593 e. The van der Waals surface area contributed by atoms with E-state index in [1.54, 1.807) is 11.1 Å². The molecule has 1 heterocycles. The Hall–Kier alpha value is -1.12. The molecule has 1 aromatic carbocycles. The molecule has 0 amide bonds. The van der Waals surface area contributed by atoms with Gasteiger partial charge in [0.15, 0.2) is 0 Å². The van der Waals surface area contributed by atoms with Crippen molar-refractivity contribution < 1.29 is 4.74 Å². The number of hydrogen-bond donors (Lipinski definition) is 0. The number of ether oxygens (including phenoxy) is 1. The van der Waals surface area contributed by atoms with Gasteiger partial charge in [-0.15, -0.1) is 0 Å². The molecule has 0 atom stereocenters. The summed E-state index contributed by atoms with van der Waals surface area (Å²) in [6, 6.07) is 10.9. The lowest BCUT2D eigenvalue weighted by molar-refractivity contribution is 0.110. The van der Waals surface area contributed by atoms with Crippen LogP contribution in [-0.4, -0.2) is 37.7 Å². The topological polar surface area (TPSA) is 12.5 Å². The minimum Gasteiger partial charge on any atom is -0.380 e. The molecule has 1 aliphatic rings. The van der Waals surface area contributed by atoms with E-state index in [2.05, 4.69) is 49.1 Å². The van der Waals surface area contributed by atoms with Gasteiger partial charge in [0.2, 0.25) is 0 Å². The lowest BCUT2D eigenvalue weighted by Gasteiger charge is -2.30. The van der Waals surface area contributed by atoms with Crippen molar-refractivity contribution in [3.05, 3.63) is 41.5 Å². The first kappa shape index (κ1) is 16.3. The summed E-state index contributed by atoms with van der Waals surface area (Å²) in [7, 11) is 0. The highest BCUT2D eigenvalue weighted by Gasteiger charge is 2.17. The average molecular weight is 287 g/mol. The summed E-state index contributed by atoms with van der Waals surface area (Å²) in [5, 5.41) is 0. The van der Waals surface area contributed by atoms with Crippen molar-refractivity contribution in [3.8, 4) is 0 Å². The molecule has 1 fully saturated rings. The van der Waals surface area contributed by atoms with E-state index in [1.165, 1.54) is 44.3 Å². The van der Waals surface area contributed by atoms with Gasteiger partial charge in [-0.25, -0.2) is 0 Å². The van der Waals surface area contributed by atoms with Crippen molar-refractivity contribution in [2.24, 2.45) is 0 Å². The van der Waals surface area contributed by atoms with Crippen LogP contribution in [0.2, 0.25) is 0 Å². The van der Waals surface area contributed by atoms with E-state index >= 15 is 0 Å². The molecule has 2 heteroatoms. The van der Waals surface area contributed by atoms with Crippen LogP contribution >= 0.6 is 0 Å². The monoisotopic (exact) mass is 287 g/mol. The first-order valence-corrected chi connectivity index (χ1v) is 8.41. The third-order valence-corrected chi connectivity index (χ3v) is 4.26. The van der Waals surface area contributed by atoms with Crippen LogP contribution in [0.4, 0.5) is 0 Å². The zero-order valence-corrected chi connectivity index (χ0v) is 13.6. The number of hydrogen-bond acceptors (Lipinski definition) is 2. The fraction of sp³-hybridized carbons (Fsp3) is 0.579. The molecule has 21 heavy (non-hydrogen) atoms. The Morgan fingerprint density at radius 2 is 1.81 bits per heavy atom. The Balaban J connectivity index is 1.98. The zero-order valence-electron chi connectivity index (χ0n) is 13.6. The Labute approximate surface area is 129 Å². The molecule has 2 rings (SSSR count). The van der Waals surface area contributed by atoms with Crippen molar-refractivity contribution in [3.63, 3.8) is 0 Å². The zero-order chi connectivity index (χ0) is 14.9. The van der Waals surface area contributed by atoms with Gasteiger partial charge in [0, 0.05) is 26.2 Å². The molecule has 1 aromatic rings. The highest BCUT2D eigenvalue weighted by Crippen LogP contribution is 2.30. The standard InChI is InChI=1S/C19H29NO/c1-3-8-19(17-9-6-5-7-10-17)18-11-13-20(14-12-18)15-16-21-4-2/h5-7,9-10H,3-4,8,11-16H2,1-2H3. The minimum absolute atomic E-state index is 0.827. The first-order valence-electron chi connectivity index (χ1n) is 8.41. The van der Waals surface area contributed by atoms with Crippen LogP contribution in [0.1, 0.15) is 45.1 Å². The van der Waals surface area contributed by atoms with Crippen LogP contribution in [0.25, 0.3) is 5.57 Å². The Bertz CT molecular complexity index is 428. The number of allylic oxidation sites excluding steroid dienone is 1. The van der Waals surface area contributed by atoms with E-state index in [9.17, 15) is 0 Å². The summed E-state index contributed by atoms with van der Waals surface area (Å²) >= 11 is 0. The molecule has 0 unspecified atom stereocenters. The summed E-state index contributed by atoms with van der Waals surface area (Å²) in [6.07, 6.45) is 4.87. The molecule has 1 aliphatic heterocycles. The van der Waals surface area contributed by atoms with E-state index in [-0.39, 0.29) is 0 Å². The third kappa shape index (κ3) is 4.98. The highest BCUT2D eigenvalue weighted by atomic mass is 16.5. The van der Waals surface area contributed by atoms with E-state index in [1.807, 2.05) is 0 Å². The van der Waals surface area contributed by atoms with E-state index in [4.69, 9.17) is 4.74 Å². The number of rotatable bonds is 7. The Kier molecular flexibility index (Phi) is 6.98. The lowest BCUT2D eigenvalue weighted by atomic mass is 9.90. The number of likely N-dealkylation sites (tertiary alicyclic amines) is 1. The summed E-state index contributed by atoms with van der Waals surface area (Å²) < 4.78 is 5.46. The van der Waals surface area contributed by atoms with Crippen molar-refractivity contribution in [1.29, 1.82) is 0 Å². The molecule has 0 saturated carbocycles. The SMILES string of the molecule is CCCC(=C1CCN(CCOCC)CC1)c1ccccc1. The summed E-state index contributed by atoms with van der Waals surface area (Å²) in [4.78, 5) is 2.54. The van der Waals surface area contributed by atoms with Gasteiger partial charge >= 0.3 is 0 Å². The number of nitrogens with zero attached hydrogens (tertiary/aromatic N) is 1. The Morgan fingerprint density at radius 3 is 2.43 bits per heavy atom. The molecule has 0 aromatic heterocycles. The first-order chi connectivity index (χ1) is 10.3. The van der Waals surface area contributed by atoms with Crippen LogP contribution in [-0.2, 0) is 4.74 Å². The maximum absolute atomic E-state index is 5.46. The maximum atomic E-state index is 5.46. The number of piperidine rings is 1. The molecular formula is C19H29NO. The van der Waals surface area contributed by atoms with Crippen molar-refractivity contribution in [1.82, 2.24) is 4.90 Å². The normalized spacial score (nSPS) is 16.2. The molecular weight excluding hydrogens is 258 g/mol. The second kappa shape index (κ2) is 9.01. The smallest absolute Gasteiger partial charge is 0.0593 e. The van der Waals surface area contributed by atoms with E-state index in [0.29, 0.717) is 0 Å². The predicted octanol–water partition coefficient (Wildman–Crippen LogP) is 4.37. The molecule has 0 bridgehead atoms. The highest BCUT2D eigenvalue weighted by molar-refractivity contribution is 5.68.